The van der Waals surface area contributed by atoms with Gasteiger partial charge in [-0.05, 0) is 20.5 Å². The zero-order chi connectivity index (χ0) is 10.8. The summed E-state index contributed by atoms with van der Waals surface area (Å²) in [5.41, 5.74) is -0.603. The fraction of sp³-hybridized carbons (Fsp3) is 0.900. The third-order valence-corrected chi connectivity index (χ3v) is 2.75. The summed E-state index contributed by atoms with van der Waals surface area (Å²) in [7, 11) is 3.90. The molecule has 1 N–H and O–H groups in total. The molecule has 1 rings (SSSR count). The first kappa shape index (κ1) is 11.5. The molecule has 0 unspecified atom stereocenters. The van der Waals surface area contributed by atoms with Crippen LogP contribution in [-0.2, 0) is 4.79 Å². The number of β-amino-alcohol motifs (C(OH)–C–C–N with tert-alkyl or cyclic N) is 1. The van der Waals surface area contributed by atoms with Crippen LogP contribution in [0.2, 0.25) is 0 Å². The maximum absolute atomic E-state index is 11.5. The zero-order valence-electron chi connectivity index (χ0n) is 9.29. The Labute approximate surface area is 85.5 Å². The Hall–Kier alpha value is -0.610. The van der Waals surface area contributed by atoms with Gasteiger partial charge in [-0.15, -0.1) is 0 Å². The van der Waals surface area contributed by atoms with Crippen molar-refractivity contribution in [2.45, 2.75) is 25.4 Å². The summed E-state index contributed by atoms with van der Waals surface area (Å²) >= 11 is 0. The molecule has 0 aromatic carbocycles. The van der Waals surface area contributed by atoms with E-state index in [2.05, 4.69) is 0 Å². The largest absolute Gasteiger partial charge is 0.386 e. The van der Waals surface area contributed by atoms with Crippen molar-refractivity contribution in [2.75, 3.05) is 33.7 Å². The Balaban J connectivity index is 2.23. The van der Waals surface area contributed by atoms with E-state index in [-0.39, 0.29) is 5.91 Å². The van der Waals surface area contributed by atoms with Gasteiger partial charge < -0.3 is 14.9 Å². The van der Waals surface area contributed by atoms with Gasteiger partial charge in [-0.3, -0.25) is 4.79 Å². The maximum atomic E-state index is 11.5. The Morgan fingerprint density at radius 2 is 2.07 bits per heavy atom. The molecule has 0 spiro atoms. The van der Waals surface area contributed by atoms with E-state index in [0.29, 0.717) is 19.5 Å². The normalized spacial score (nSPS) is 19.6. The van der Waals surface area contributed by atoms with Crippen LogP contribution in [0.5, 0.6) is 0 Å². The van der Waals surface area contributed by atoms with Crippen LogP contribution in [0.4, 0.5) is 0 Å². The topological polar surface area (TPSA) is 43.8 Å². The van der Waals surface area contributed by atoms with Crippen molar-refractivity contribution in [1.29, 1.82) is 0 Å². The van der Waals surface area contributed by atoms with Crippen LogP contribution in [0.25, 0.3) is 0 Å². The molecule has 1 aliphatic heterocycles. The number of carbonyl (C=O) groups is 1. The summed E-state index contributed by atoms with van der Waals surface area (Å²) < 4.78 is 0. The quantitative estimate of drug-likeness (QED) is 0.690. The van der Waals surface area contributed by atoms with Gasteiger partial charge >= 0.3 is 0 Å². The van der Waals surface area contributed by atoms with Gasteiger partial charge in [0.25, 0.3) is 0 Å². The minimum atomic E-state index is -0.603. The molecule has 82 valence electrons. The molecule has 0 bridgehead atoms. The van der Waals surface area contributed by atoms with E-state index < -0.39 is 5.60 Å². The number of nitrogens with zero attached hydrogens (tertiary/aromatic N) is 2. The Morgan fingerprint density at radius 3 is 2.50 bits per heavy atom. The number of hydrogen-bond acceptors (Lipinski definition) is 3. The van der Waals surface area contributed by atoms with Crippen molar-refractivity contribution >= 4 is 5.91 Å². The Kier molecular flexibility index (Phi) is 3.50. The predicted octanol–water partition coefficient (Wildman–Crippen LogP) is -0.0786. The molecule has 4 heteroatoms. The van der Waals surface area contributed by atoms with Crippen LogP contribution in [0.1, 0.15) is 19.8 Å². The number of likely N-dealkylation sites (tertiary alicyclic amines) is 1. The average molecular weight is 200 g/mol. The van der Waals surface area contributed by atoms with Crippen LogP contribution in [-0.4, -0.2) is 60.1 Å². The van der Waals surface area contributed by atoms with Gasteiger partial charge in [0.05, 0.1) is 18.7 Å². The lowest BCUT2D eigenvalue weighted by molar-refractivity contribution is -0.155. The SMILES string of the molecule is CCC1(O)CN(C(=O)CCN(C)C)C1. The van der Waals surface area contributed by atoms with E-state index in [9.17, 15) is 9.90 Å². The lowest BCUT2D eigenvalue weighted by Gasteiger charge is -2.46. The van der Waals surface area contributed by atoms with Crippen molar-refractivity contribution in [1.82, 2.24) is 9.80 Å². The van der Waals surface area contributed by atoms with E-state index in [1.807, 2.05) is 25.9 Å². The van der Waals surface area contributed by atoms with Gasteiger partial charge in [0.1, 0.15) is 0 Å². The van der Waals surface area contributed by atoms with Crippen molar-refractivity contribution in [2.24, 2.45) is 0 Å². The summed E-state index contributed by atoms with van der Waals surface area (Å²) in [6.45, 7) is 3.74. The molecule has 1 aliphatic rings. The van der Waals surface area contributed by atoms with Crippen LogP contribution in [0.3, 0.4) is 0 Å². The second-order valence-corrected chi connectivity index (χ2v) is 4.38. The standard InChI is InChI=1S/C10H20N2O2/c1-4-10(14)7-12(8-10)9(13)5-6-11(2)3/h14H,4-8H2,1-3H3. The first-order valence-electron chi connectivity index (χ1n) is 5.12. The molecule has 0 radical (unpaired) electrons. The van der Waals surface area contributed by atoms with Gasteiger partial charge in [0, 0.05) is 13.0 Å². The third kappa shape index (κ3) is 2.69. The summed E-state index contributed by atoms with van der Waals surface area (Å²) in [5, 5.41) is 9.71. The number of aliphatic hydroxyl groups is 1. The molecule has 0 atom stereocenters. The highest BCUT2D eigenvalue weighted by Gasteiger charge is 2.41. The minimum Gasteiger partial charge on any atom is -0.386 e. The summed E-state index contributed by atoms with van der Waals surface area (Å²) in [5.74, 6) is 0.150. The maximum Gasteiger partial charge on any atom is 0.224 e. The Morgan fingerprint density at radius 1 is 1.50 bits per heavy atom. The minimum absolute atomic E-state index is 0.150. The van der Waals surface area contributed by atoms with Crippen molar-refractivity contribution < 1.29 is 9.90 Å². The lowest BCUT2D eigenvalue weighted by Crippen LogP contribution is -2.63. The van der Waals surface area contributed by atoms with Gasteiger partial charge in [0.15, 0.2) is 0 Å². The van der Waals surface area contributed by atoms with Crippen molar-refractivity contribution in [3.8, 4) is 0 Å². The van der Waals surface area contributed by atoms with Gasteiger partial charge in [-0.1, -0.05) is 6.92 Å². The van der Waals surface area contributed by atoms with Crippen LogP contribution in [0, 0.1) is 0 Å². The van der Waals surface area contributed by atoms with Gasteiger partial charge in [-0.25, -0.2) is 0 Å². The highest BCUT2D eigenvalue weighted by atomic mass is 16.3. The number of hydrogen-bond donors (Lipinski definition) is 1. The molecule has 1 saturated heterocycles. The lowest BCUT2D eigenvalue weighted by atomic mass is 9.91. The van der Waals surface area contributed by atoms with E-state index in [1.165, 1.54) is 0 Å². The summed E-state index contributed by atoms with van der Waals surface area (Å²) in [6, 6.07) is 0. The summed E-state index contributed by atoms with van der Waals surface area (Å²) in [4.78, 5) is 15.2. The highest BCUT2D eigenvalue weighted by molar-refractivity contribution is 5.77. The monoisotopic (exact) mass is 200 g/mol. The molecule has 0 saturated carbocycles. The number of amides is 1. The smallest absolute Gasteiger partial charge is 0.224 e. The first-order chi connectivity index (χ1) is 6.47. The van der Waals surface area contributed by atoms with E-state index in [4.69, 9.17) is 0 Å². The molecule has 1 fully saturated rings. The number of rotatable bonds is 4. The zero-order valence-corrected chi connectivity index (χ0v) is 9.29. The third-order valence-electron chi connectivity index (χ3n) is 2.75. The predicted molar refractivity (Wildman–Crippen MR) is 55.0 cm³/mol. The van der Waals surface area contributed by atoms with E-state index in [0.717, 1.165) is 13.0 Å². The summed E-state index contributed by atoms with van der Waals surface area (Å²) in [6.07, 6.45) is 1.28. The van der Waals surface area contributed by atoms with E-state index in [1.54, 1.807) is 4.90 Å². The van der Waals surface area contributed by atoms with Crippen LogP contribution in [0.15, 0.2) is 0 Å². The molecule has 1 amide bonds. The molecule has 0 aliphatic carbocycles. The number of carbonyl (C=O) groups excluding carboxylic acids is 1. The fourth-order valence-corrected chi connectivity index (χ4v) is 1.54. The molecular formula is C10H20N2O2. The Bertz CT molecular complexity index is 210. The van der Waals surface area contributed by atoms with Gasteiger partial charge in [-0.2, -0.15) is 0 Å². The second kappa shape index (κ2) is 4.28. The van der Waals surface area contributed by atoms with Crippen LogP contribution < -0.4 is 0 Å². The fourth-order valence-electron chi connectivity index (χ4n) is 1.54. The van der Waals surface area contributed by atoms with E-state index >= 15 is 0 Å². The molecule has 1 heterocycles. The van der Waals surface area contributed by atoms with Gasteiger partial charge in [0.2, 0.25) is 5.91 Å². The molecule has 14 heavy (non-hydrogen) atoms. The highest BCUT2D eigenvalue weighted by Crippen LogP contribution is 2.24. The van der Waals surface area contributed by atoms with Crippen molar-refractivity contribution in [3.63, 3.8) is 0 Å². The van der Waals surface area contributed by atoms with Crippen LogP contribution >= 0.6 is 0 Å². The first-order valence-corrected chi connectivity index (χ1v) is 5.12. The molecule has 4 nitrogen and oxygen atoms in total. The second-order valence-electron chi connectivity index (χ2n) is 4.38. The average Bonchev–Trinajstić information content (AvgIpc) is 2.09. The van der Waals surface area contributed by atoms with Crippen molar-refractivity contribution in [3.05, 3.63) is 0 Å². The molecular weight excluding hydrogens is 180 g/mol. The molecule has 0 aromatic heterocycles. The molecule has 0 aromatic rings.